The third-order valence-corrected chi connectivity index (χ3v) is 4.61. The Hall–Kier alpha value is -1.64. The Morgan fingerprint density at radius 1 is 1.27 bits per heavy atom. The van der Waals surface area contributed by atoms with Crippen molar-refractivity contribution in [1.29, 1.82) is 0 Å². The van der Waals surface area contributed by atoms with Gasteiger partial charge < -0.3 is 15.4 Å². The Morgan fingerprint density at radius 2 is 1.95 bits per heavy atom. The second-order valence-corrected chi connectivity index (χ2v) is 6.89. The number of nitrogens with zero attached hydrogens (tertiary/aromatic N) is 2. The summed E-state index contributed by atoms with van der Waals surface area (Å²) in [6.07, 6.45) is 0. The van der Waals surface area contributed by atoms with Crippen molar-refractivity contribution in [2.45, 2.75) is 6.54 Å². The molecule has 0 spiro atoms. The lowest BCUT2D eigenvalue weighted by molar-refractivity contribution is 0.0674. The molecule has 8 heteroatoms. The zero-order chi connectivity index (χ0) is 15.8. The molecule has 1 heterocycles. The van der Waals surface area contributed by atoms with Crippen LogP contribution in [0.4, 0.5) is 0 Å². The Bertz CT molecular complexity index is 583. The van der Waals surface area contributed by atoms with E-state index >= 15 is 0 Å². The van der Waals surface area contributed by atoms with Crippen LogP contribution in [-0.4, -0.2) is 57.9 Å². The summed E-state index contributed by atoms with van der Waals surface area (Å²) in [5, 5.41) is 0. The van der Waals surface area contributed by atoms with E-state index in [1.165, 1.54) is 0 Å². The molecule has 1 aliphatic heterocycles. The largest absolute Gasteiger partial charge is 0.378 e. The topological polar surface area (TPSA) is 97.0 Å². The number of nitrogens with one attached hydrogen (secondary N) is 1. The second-order valence-electron chi connectivity index (χ2n) is 4.96. The third-order valence-electron chi connectivity index (χ3n) is 3.31. The summed E-state index contributed by atoms with van der Waals surface area (Å²) in [7, 11) is -3.36. The summed E-state index contributed by atoms with van der Waals surface area (Å²) in [5.41, 5.74) is 6.77. The predicted octanol–water partition coefficient (Wildman–Crippen LogP) is -0.247. The molecule has 0 atom stereocenters. The number of guanidine groups is 1. The lowest BCUT2D eigenvalue weighted by atomic mass is 10.2. The van der Waals surface area contributed by atoms with Gasteiger partial charge in [0.1, 0.15) is 0 Å². The molecular weight excluding hydrogens is 304 g/mol. The van der Waals surface area contributed by atoms with Crippen LogP contribution in [0.15, 0.2) is 35.3 Å². The smallest absolute Gasteiger partial charge is 0.213 e. The van der Waals surface area contributed by atoms with Crippen molar-refractivity contribution in [3.05, 3.63) is 35.9 Å². The van der Waals surface area contributed by atoms with Crippen LogP contribution >= 0.6 is 0 Å². The van der Waals surface area contributed by atoms with E-state index in [2.05, 4.69) is 9.71 Å². The molecule has 22 heavy (non-hydrogen) atoms. The average Bonchev–Trinajstić information content (AvgIpc) is 2.55. The van der Waals surface area contributed by atoms with Crippen LogP contribution in [-0.2, 0) is 21.3 Å². The van der Waals surface area contributed by atoms with Gasteiger partial charge in [-0.1, -0.05) is 30.3 Å². The fourth-order valence-corrected chi connectivity index (χ4v) is 2.90. The highest BCUT2D eigenvalue weighted by molar-refractivity contribution is 7.89. The Kier molecular flexibility index (Phi) is 6.17. The van der Waals surface area contributed by atoms with Gasteiger partial charge in [-0.25, -0.2) is 13.1 Å². The van der Waals surface area contributed by atoms with Crippen molar-refractivity contribution in [2.24, 2.45) is 10.7 Å². The van der Waals surface area contributed by atoms with Crippen molar-refractivity contribution in [3.63, 3.8) is 0 Å². The van der Waals surface area contributed by atoms with Crippen molar-refractivity contribution < 1.29 is 13.2 Å². The first kappa shape index (κ1) is 16.7. The highest BCUT2D eigenvalue weighted by atomic mass is 32.2. The molecule has 1 aromatic rings. The number of rotatable bonds is 6. The normalized spacial score (nSPS) is 16.7. The van der Waals surface area contributed by atoms with Crippen LogP contribution < -0.4 is 10.5 Å². The van der Waals surface area contributed by atoms with Gasteiger partial charge in [-0.05, 0) is 5.56 Å². The van der Waals surface area contributed by atoms with E-state index < -0.39 is 10.0 Å². The van der Waals surface area contributed by atoms with Gasteiger partial charge in [0.15, 0.2) is 5.96 Å². The molecule has 7 nitrogen and oxygen atoms in total. The number of sulfonamides is 1. The fourth-order valence-electron chi connectivity index (χ4n) is 2.03. The predicted molar refractivity (Wildman–Crippen MR) is 85.9 cm³/mol. The minimum absolute atomic E-state index is 0.0785. The summed E-state index contributed by atoms with van der Waals surface area (Å²) in [6, 6.07) is 9.38. The number of aliphatic imine (C=N–C) groups is 1. The molecule has 1 saturated heterocycles. The fraction of sp³-hybridized carbons (Fsp3) is 0.500. The second kappa shape index (κ2) is 8.11. The van der Waals surface area contributed by atoms with Crippen LogP contribution in [0.5, 0.6) is 0 Å². The quantitative estimate of drug-likeness (QED) is 0.555. The summed E-state index contributed by atoms with van der Waals surface area (Å²) in [6.45, 7) is 3.04. The molecule has 0 radical (unpaired) electrons. The Balaban J connectivity index is 1.77. The number of ether oxygens (including phenoxy) is 1. The number of nitrogens with two attached hydrogens (primary N) is 1. The summed E-state index contributed by atoms with van der Waals surface area (Å²) in [5.74, 6) is 0.298. The van der Waals surface area contributed by atoms with Gasteiger partial charge >= 0.3 is 0 Å². The van der Waals surface area contributed by atoms with E-state index in [0.717, 1.165) is 5.56 Å². The molecule has 1 aromatic carbocycles. The first-order chi connectivity index (χ1) is 10.6. The first-order valence-corrected chi connectivity index (χ1v) is 8.86. The van der Waals surface area contributed by atoms with E-state index in [4.69, 9.17) is 10.5 Å². The van der Waals surface area contributed by atoms with E-state index in [1.807, 2.05) is 35.2 Å². The molecule has 0 aromatic heterocycles. The monoisotopic (exact) mass is 326 g/mol. The van der Waals surface area contributed by atoms with Crippen molar-refractivity contribution in [1.82, 2.24) is 9.62 Å². The van der Waals surface area contributed by atoms with Crippen molar-refractivity contribution in [3.8, 4) is 0 Å². The number of morpholine rings is 1. The van der Waals surface area contributed by atoms with E-state index in [1.54, 1.807) is 0 Å². The van der Waals surface area contributed by atoms with Gasteiger partial charge in [-0.3, -0.25) is 4.99 Å². The van der Waals surface area contributed by atoms with Gasteiger partial charge in [-0.2, -0.15) is 0 Å². The molecule has 1 aliphatic rings. The maximum Gasteiger partial charge on any atom is 0.213 e. The zero-order valence-corrected chi connectivity index (χ0v) is 13.3. The summed E-state index contributed by atoms with van der Waals surface area (Å²) >= 11 is 0. The maximum absolute atomic E-state index is 11.9. The minimum Gasteiger partial charge on any atom is -0.378 e. The van der Waals surface area contributed by atoms with Crippen LogP contribution in [0.3, 0.4) is 0 Å². The number of benzene rings is 1. The van der Waals surface area contributed by atoms with E-state index in [0.29, 0.717) is 32.3 Å². The average molecular weight is 326 g/mol. The van der Waals surface area contributed by atoms with Crippen LogP contribution in [0.25, 0.3) is 0 Å². The molecule has 0 aliphatic carbocycles. The van der Waals surface area contributed by atoms with Crippen molar-refractivity contribution >= 4 is 16.0 Å². The van der Waals surface area contributed by atoms with Gasteiger partial charge in [-0.15, -0.1) is 0 Å². The third kappa shape index (κ3) is 5.63. The molecule has 0 saturated carbocycles. The lowest BCUT2D eigenvalue weighted by Gasteiger charge is -2.27. The molecular formula is C14H22N4O3S. The van der Waals surface area contributed by atoms with Gasteiger partial charge in [0, 0.05) is 19.6 Å². The van der Waals surface area contributed by atoms with E-state index in [-0.39, 0.29) is 18.8 Å². The van der Waals surface area contributed by atoms with Gasteiger partial charge in [0.25, 0.3) is 0 Å². The maximum atomic E-state index is 11.9. The van der Waals surface area contributed by atoms with Gasteiger partial charge in [0.05, 0.1) is 25.5 Å². The van der Waals surface area contributed by atoms with Crippen LogP contribution in [0, 0.1) is 0 Å². The highest BCUT2D eigenvalue weighted by Crippen LogP contribution is 1.99. The van der Waals surface area contributed by atoms with Gasteiger partial charge in [0.2, 0.25) is 10.0 Å². The minimum atomic E-state index is -3.36. The van der Waals surface area contributed by atoms with Crippen LogP contribution in [0.1, 0.15) is 5.56 Å². The molecule has 0 amide bonds. The molecule has 0 unspecified atom stereocenters. The number of hydrogen-bond acceptors (Lipinski definition) is 4. The molecule has 2 rings (SSSR count). The zero-order valence-electron chi connectivity index (χ0n) is 12.4. The Morgan fingerprint density at radius 3 is 2.64 bits per heavy atom. The number of hydrogen-bond donors (Lipinski definition) is 2. The lowest BCUT2D eigenvalue weighted by Crippen LogP contribution is -2.45. The van der Waals surface area contributed by atoms with Crippen LogP contribution in [0.2, 0.25) is 0 Å². The first-order valence-electron chi connectivity index (χ1n) is 7.21. The SMILES string of the molecule is NC(=NCCS(=O)(=O)NCc1ccccc1)N1CCOCC1. The summed E-state index contributed by atoms with van der Waals surface area (Å²) < 4.78 is 31.6. The van der Waals surface area contributed by atoms with E-state index in [9.17, 15) is 8.42 Å². The Labute approximate surface area is 131 Å². The highest BCUT2D eigenvalue weighted by Gasteiger charge is 2.13. The van der Waals surface area contributed by atoms with Crippen molar-refractivity contribution in [2.75, 3.05) is 38.6 Å². The molecule has 3 N–H and O–H groups in total. The summed E-state index contributed by atoms with van der Waals surface area (Å²) in [4.78, 5) is 6.03. The molecule has 122 valence electrons. The standard InChI is InChI=1S/C14H22N4O3S/c15-14(18-7-9-21-10-8-18)16-6-11-22(19,20)17-12-13-4-2-1-3-5-13/h1-5,17H,6-12H2,(H2,15,16). The molecule has 1 fully saturated rings. The molecule has 0 bridgehead atoms.